The van der Waals surface area contributed by atoms with Crippen LogP contribution < -0.4 is 0 Å². The Morgan fingerprint density at radius 1 is 1.54 bits per heavy atom. The molecule has 0 unspecified atom stereocenters. The molecule has 0 heterocycles. The molecule has 0 aliphatic heterocycles. The van der Waals surface area contributed by atoms with Crippen LogP contribution in [0.5, 0.6) is 0 Å². The number of carboxylic acid groups (broad SMARTS) is 1. The molecule has 2 saturated carbocycles. The number of allylic oxidation sites excluding steroid dienone is 2. The van der Waals surface area contributed by atoms with Crippen molar-refractivity contribution in [3.8, 4) is 0 Å². The van der Waals surface area contributed by atoms with E-state index in [-0.39, 0.29) is 11.3 Å². The topological polar surface area (TPSA) is 37.3 Å². The lowest BCUT2D eigenvalue weighted by Gasteiger charge is -2.19. The minimum Gasteiger partial charge on any atom is -0.481 e. The molecule has 3 aliphatic carbocycles. The fraction of sp³-hybridized carbons (Fsp3) is 0.727. The second kappa shape index (κ2) is 2.17. The van der Waals surface area contributed by atoms with Crippen LogP contribution in [0.3, 0.4) is 0 Å². The first-order valence-corrected chi connectivity index (χ1v) is 5.16. The summed E-state index contributed by atoms with van der Waals surface area (Å²) in [5.41, 5.74) is 0.209. The molecular formula is C11H14O2. The maximum absolute atomic E-state index is 11.0. The predicted octanol–water partition coefficient (Wildman–Crippen LogP) is 2.06. The van der Waals surface area contributed by atoms with Gasteiger partial charge in [-0.05, 0) is 36.5 Å². The highest BCUT2D eigenvalue weighted by atomic mass is 16.4. The molecule has 1 N–H and O–H groups in total. The maximum atomic E-state index is 11.0. The lowest BCUT2D eigenvalue weighted by molar-refractivity contribution is -0.139. The lowest BCUT2D eigenvalue weighted by atomic mass is 9.84. The summed E-state index contributed by atoms with van der Waals surface area (Å²) in [5, 5.41) is 9.10. The third-order valence-electron chi connectivity index (χ3n) is 4.40. The molecule has 2 nitrogen and oxygen atoms in total. The van der Waals surface area contributed by atoms with Crippen molar-refractivity contribution in [3.63, 3.8) is 0 Å². The third-order valence-corrected chi connectivity index (χ3v) is 4.40. The second-order valence-electron chi connectivity index (χ2n) is 4.70. The molecule has 2 fully saturated rings. The average molecular weight is 178 g/mol. The molecule has 0 aromatic carbocycles. The largest absolute Gasteiger partial charge is 0.481 e. The van der Waals surface area contributed by atoms with Crippen molar-refractivity contribution < 1.29 is 9.90 Å². The van der Waals surface area contributed by atoms with Gasteiger partial charge in [-0.2, -0.15) is 0 Å². The number of carboxylic acids is 1. The molecule has 4 atom stereocenters. The smallest absolute Gasteiger partial charge is 0.307 e. The molecule has 0 bridgehead atoms. The van der Waals surface area contributed by atoms with Crippen molar-refractivity contribution in [2.24, 2.45) is 23.2 Å². The monoisotopic (exact) mass is 178 g/mol. The van der Waals surface area contributed by atoms with Crippen LogP contribution in [0.15, 0.2) is 12.2 Å². The summed E-state index contributed by atoms with van der Waals surface area (Å²) in [6.45, 7) is 0. The maximum Gasteiger partial charge on any atom is 0.307 e. The van der Waals surface area contributed by atoms with Gasteiger partial charge in [0.1, 0.15) is 0 Å². The highest BCUT2D eigenvalue weighted by Gasteiger charge is 2.71. The van der Waals surface area contributed by atoms with E-state index >= 15 is 0 Å². The van der Waals surface area contributed by atoms with Crippen molar-refractivity contribution >= 4 is 5.97 Å². The average Bonchev–Trinajstić information content (AvgIpc) is 2.56. The first-order chi connectivity index (χ1) is 6.27. The van der Waals surface area contributed by atoms with Crippen LogP contribution in [0.1, 0.15) is 25.7 Å². The van der Waals surface area contributed by atoms with E-state index < -0.39 is 5.97 Å². The predicted molar refractivity (Wildman–Crippen MR) is 48.1 cm³/mol. The van der Waals surface area contributed by atoms with E-state index in [4.69, 9.17) is 5.11 Å². The van der Waals surface area contributed by atoms with Gasteiger partial charge in [-0.3, -0.25) is 4.79 Å². The van der Waals surface area contributed by atoms with Crippen LogP contribution in [0.2, 0.25) is 0 Å². The Labute approximate surface area is 77.6 Å². The summed E-state index contributed by atoms with van der Waals surface area (Å²) in [6, 6.07) is 0. The molecule has 70 valence electrons. The van der Waals surface area contributed by atoms with Crippen LogP contribution in [0, 0.1) is 23.2 Å². The number of carbonyl (C=O) groups is 1. The highest BCUT2D eigenvalue weighted by Crippen LogP contribution is 2.73. The van der Waals surface area contributed by atoms with E-state index in [0.717, 1.165) is 12.8 Å². The zero-order valence-corrected chi connectivity index (χ0v) is 7.57. The van der Waals surface area contributed by atoms with Gasteiger partial charge in [0.2, 0.25) is 0 Å². The van der Waals surface area contributed by atoms with Gasteiger partial charge in [0, 0.05) is 0 Å². The van der Waals surface area contributed by atoms with Crippen molar-refractivity contribution in [1.29, 1.82) is 0 Å². The summed E-state index contributed by atoms with van der Waals surface area (Å²) >= 11 is 0. The quantitative estimate of drug-likeness (QED) is 0.624. The Bertz CT molecular complexity index is 294. The third kappa shape index (κ3) is 0.725. The molecule has 0 aromatic rings. The Morgan fingerprint density at radius 2 is 2.38 bits per heavy atom. The van der Waals surface area contributed by atoms with E-state index in [9.17, 15) is 4.79 Å². The van der Waals surface area contributed by atoms with Crippen molar-refractivity contribution in [2.75, 3.05) is 0 Å². The Hall–Kier alpha value is -0.790. The zero-order valence-electron chi connectivity index (χ0n) is 7.57. The molecule has 13 heavy (non-hydrogen) atoms. The number of rotatable bonds is 1. The lowest BCUT2D eigenvalue weighted by Crippen LogP contribution is -2.15. The number of hydrogen-bond donors (Lipinski definition) is 1. The van der Waals surface area contributed by atoms with Crippen molar-refractivity contribution in [1.82, 2.24) is 0 Å². The van der Waals surface area contributed by atoms with Crippen molar-refractivity contribution in [2.45, 2.75) is 25.7 Å². The summed E-state index contributed by atoms with van der Waals surface area (Å²) < 4.78 is 0. The summed E-state index contributed by atoms with van der Waals surface area (Å²) in [4.78, 5) is 11.0. The molecule has 2 heteroatoms. The van der Waals surface area contributed by atoms with Gasteiger partial charge >= 0.3 is 5.97 Å². The van der Waals surface area contributed by atoms with E-state index in [1.165, 1.54) is 12.8 Å². The molecule has 0 saturated heterocycles. The van der Waals surface area contributed by atoms with E-state index in [1.54, 1.807) is 0 Å². The first kappa shape index (κ1) is 7.60. The summed E-state index contributed by atoms with van der Waals surface area (Å²) in [7, 11) is 0. The van der Waals surface area contributed by atoms with Crippen LogP contribution in [0.4, 0.5) is 0 Å². The van der Waals surface area contributed by atoms with Gasteiger partial charge in [0.25, 0.3) is 0 Å². The first-order valence-electron chi connectivity index (χ1n) is 5.16. The van der Waals surface area contributed by atoms with Crippen LogP contribution >= 0.6 is 0 Å². The molecule has 0 radical (unpaired) electrons. The summed E-state index contributed by atoms with van der Waals surface area (Å²) in [6.07, 6.45) is 9.08. The Balaban J connectivity index is 1.97. The van der Waals surface area contributed by atoms with Gasteiger partial charge in [-0.25, -0.2) is 0 Å². The van der Waals surface area contributed by atoms with Gasteiger partial charge < -0.3 is 5.11 Å². The van der Waals surface area contributed by atoms with Crippen LogP contribution in [-0.4, -0.2) is 11.1 Å². The van der Waals surface area contributed by atoms with E-state index in [0.29, 0.717) is 11.8 Å². The van der Waals surface area contributed by atoms with Gasteiger partial charge in [0.15, 0.2) is 0 Å². The zero-order chi connectivity index (χ0) is 9.05. The van der Waals surface area contributed by atoms with Crippen LogP contribution in [0.25, 0.3) is 0 Å². The van der Waals surface area contributed by atoms with E-state index in [2.05, 4.69) is 12.2 Å². The molecule has 3 rings (SSSR count). The number of hydrogen-bond acceptors (Lipinski definition) is 1. The highest BCUT2D eigenvalue weighted by molar-refractivity contribution is 5.76. The molecule has 3 aliphatic rings. The van der Waals surface area contributed by atoms with Crippen molar-refractivity contribution in [3.05, 3.63) is 12.2 Å². The standard InChI is InChI=1S/C11H14O2/c12-10(13)9-8-5-1-3-7-4-2-6-11(7,8)9/h1,3,7-9H,2,4-6H2,(H,12,13)/t7-,8+,9+,11+/m0/s1. The molecule has 1 spiro atoms. The van der Waals surface area contributed by atoms with Gasteiger partial charge in [-0.1, -0.05) is 18.6 Å². The van der Waals surface area contributed by atoms with E-state index in [1.807, 2.05) is 0 Å². The Morgan fingerprint density at radius 3 is 3.15 bits per heavy atom. The summed E-state index contributed by atoms with van der Waals surface area (Å²) in [5.74, 6) is 0.491. The normalized spacial score (nSPS) is 51.2. The second-order valence-corrected chi connectivity index (χ2v) is 4.70. The minimum atomic E-state index is -0.555. The molecule has 0 amide bonds. The van der Waals surface area contributed by atoms with Gasteiger partial charge in [-0.15, -0.1) is 0 Å². The van der Waals surface area contributed by atoms with Gasteiger partial charge in [0.05, 0.1) is 5.92 Å². The molecular weight excluding hydrogens is 164 g/mol. The SMILES string of the molecule is O=C(O)[C@H]1[C@H]2CC=C[C@H]3CCC[C@]231. The van der Waals surface area contributed by atoms with Crippen LogP contribution in [-0.2, 0) is 4.79 Å². The molecule has 0 aromatic heterocycles. The fourth-order valence-corrected chi connectivity index (χ4v) is 3.89. The fourth-order valence-electron chi connectivity index (χ4n) is 3.89. The number of aliphatic carboxylic acids is 1. The minimum absolute atomic E-state index is 0.0185. The Kier molecular flexibility index (Phi) is 1.27.